The zero-order valence-corrected chi connectivity index (χ0v) is 19.8. The summed E-state index contributed by atoms with van der Waals surface area (Å²) in [5, 5.41) is 18.8. The highest BCUT2D eigenvalue weighted by Crippen LogP contribution is 2.45. The van der Waals surface area contributed by atoms with Crippen molar-refractivity contribution in [3.63, 3.8) is 0 Å². The number of aryl methyl sites for hydroxylation is 2. The molecule has 0 radical (unpaired) electrons. The van der Waals surface area contributed by atoms with Gasteiger partial charge in [0.2, 0.25) is 0 Å². The van der Waals surface area contributed by atoms with Crippen LogP contribution in [0.15, 0.2) is 49.1 Å². The molecule has 0 bridgehead atoms. The van der Waals surface area contributed by atoms with Crippen molar-refractivity contribution in [1.82, 2.24) is 40.3 Å². The molecule has 2 aliphatic rings. The lowest BCUT2D eigenvalue weighted by Gasteiger charge is -2.20. The molecule has 1 aliphatic heterocycles. The molecule has 2 fully saturated rings. The predicted molar refractivity (Wildman–Crippen MR) is 129 cm³/mol. The maximum Gasteiger partial charge on any atom is 0.254 e. The van der Waals surface area contributed by atoms with Crippen LogP contribution in [0.5, 0.6) is 0 Å². The largest absolute Gasteiger partial charge is 0.356 e. The molecule has 2 unspecified atom stereocenters. The Kier molecular flexibility index (Phi) is 5.28. The number of tetrazole rings is 1. The van der Waals surface area contributed by atoms with E-state index in [4.69, 9.17) is 4.98 Å². The number of piperidine rings is 1. The maximum atomic E-state index is 12.8. The molecule has 6 rings (SSSR count). The number of nitrogens with zero attached hydrogens (tertiary/aromatic N) is 8. The van der Waals surface area contributed by atoms with Gasteiger partial charge in [-0.05, 0) is 65.8 Å². The lowest BCUT2D eigenvalue weighted by molar-refractivity contribution is 0.0951. The minimum Gasteiger partial charge on any atom is -0.356 e. The van der Waals surface area contributed by atoms with Gasteiger partial charge in [0.25, 0.3) is 5.91 Å². The molecule has 3 aromatic heterocycles. The van der Waals surface area contributed by atoms with Crippen LogP contribution in [0.25, 0.3) is 5.69 Å². The number of amides is 1. The fourth-order valence-electron chi connectivity index (χ4n) is 4.88. The highest BCUT2D eigenvalue weighted by molar-refractivity contribution is 5.93. The summed E-state index contributed by atoms with van der Waals surface area (Å²) in [5.74, 6) is 2.64. The Bertz CT molecular complexity index is 1370. The number of anilines is 1. The third-order valence-electron chi connectivity index (χ3n) is 6.98. The average Bonchev–Trinajstić information content (AvgIpc) is 3.31. The molecule has 1 saturated carbocycles. The van der Waals surface area contributed by atoms with Gasteiger partial charge in [-0.3, -0.25) is 9.48 Å². The second-order valence-electron chi connectivity index (χ2n) is 9.57. The van der Waals surface area contributed by atoms with Crippen molar-refractivity contribution in [3.8, 4) is 5.69 Å². The minimum atomic E-state index is -0.182. The van der Waals surface area contributed by atoms with Crippen molar-refractivity contribution in [2.24, 2.45) is 11.8 Å². The van der Waals surface area contributed by atoms with Gasteiger partial charge < -0.3 is 10.2 Å². The molecule has 0 spiro atoms. The van der Waals surface area contributed by atoms with Crippen LogP contribution in [0.3, 0.4) is 0 Å². The lowest BCUT2D eigenvalue weighted by atomic mass is 10.1. The fraction of sp³-hybridized carbons (Fsp3) is 0.360. The molecular weight excluding hydrogens is 442 g/mol. The summed E-state index contributed by atoms with van der Waals surface area (Å²) in [6.07, 6.45) is 6.29. The van der Waals surface area contributed by atoms with Gasteiger partial charge in [-0.1, -0.05) is 23.8 Å². The van der Waals surface area contributed by atoms with E-state index in [1.54, 1.807) is 21.8 Å². The molecule has 1 amide bonds. The first-order valence-electron chi connectivity index (χ1n) is 11.9. The van der Waals surface area contributed by atoms with Gasteiger partial charge in [-0.2, -0.15) is 5.10 Å². The monoisotopic (exact) mass is 469 g/mol. The van der Waals surface area contributed by atoms with E-state index in [2.05, 4.69) is 43.0 Å². The van der Waals surface area contributed by atoms with Gasteiger partial charge in [0.05, 0.1) is 24.0 Å². The van der Waals surface area contributed by atoms with Gasteiger partial charge in [0, 0.05) is 31.5 Å². The summed E-state index contributed by atoms with van der Waals surface area (Å²) in [5.41, 5.74) is 5.46. The number of hydrogen-bond donors (Lipinski definition) is 1. The fourth-order valence-corrected chi connectivity index (χ4v) is 4.88. The molecule has 10 nitrogen and oxygen atoms in total. The molecular formula is C25H27N9O. The van der Waals surface area contributed by atoms with Gasteiger partial charge in [0.1, 0.15) is 12.1 Å². The number of carbonyl (C=O) groups is 1. The maximum absolute atomic E-state index is 12.8. The van der Waals surface area contributed by atoms with E-state index in [0.717, 1.165) is 58.8 Å². The van der Waals surface area contributed by atoms with Crippen molar-refractivity contribution < 1.29 is 4.79 Å². The molecule has 2 atom stereocenters. The van der Waals surface area contributed by atoms with Crippen molar-refractivity contribution in [1.29, 1.82) is 0 Å². The van der Waals surface area contributed by atoms with Gasteiger partial charge >= 0.3 is 0 Å². The molecule has 35 heavy (non-hydrogen) atoms. The van der Waals surface area contributed by atoms with Crippen LogP contribution in [0, 0.1) is 25.7 Å². The Labute approximate surface area is 203 Å². The van der Waals surface area contributed by atoms with Crippen LogP contribution in [-0.4, -0.2) is 54.0 Å². The quantitative estimate of drug-likeness (QED) is 0.443. The number of carbonyl (C=O) groups excluding carboxylic acids is 1. The van der Waals surface area contributed by atoms with E-state index in [9.17, 15) is 4.79 Å². The van der Waals surface area contributed by atoms with Crippen LogP contribution < -0.4 is 10.2 Å². The van der Waals surface area contributed by atoms with E-state index in [1.807, 2.05) is 32.0 Å². The Morgan fingerprint density at radius 2 is 1.97 bits per heavy atom. The highest BCUT2D eigenvalue weighted by atomic mass is 16.1. The van der Waals surface area contributed by atoms with E-state index in [0.29, 0.717) is 18.7 Å². The summed E-state index contributed by atoms with van der Waals surface area (Å²) < 4.78 is 3.37. The molecule has 1 aliphatic carbocycles. The van der Waals surface area contributed by atoms with E-state index in [1.165, 1.54) is 12.7 Å². The van der Waals surface area contributed by atoms with Crippen molar-refractivity contribution in [2.45, 2.75) is 33.4 Å². The van der Waals surface area contributed by atoms with E-state index >= 15 is 0 Å². The number of fused-ring (bicyclic) bond motifs is 1. The molecule has 4 aromatic rings. The Morgan fingerprint density at radius 1 is 1.11 bits per heavy atom. The first kappa shape index (κ1) is 21.5. The Morgan fingerprint density at radius 3 is 2.74 bits per heavy atom. The van der Waals surface area contributed by atoms with Gasteiger partial charge in [0.15, 0.2) is 0 Å². The number of pyridine rings is 1. The Balaban J connectivity index is 1.10. The van der Waals surface area contributed by atoms with Crippen molar-refractivity contribution in [2.75, 3.05) is 18.0 Å². The van der Waals surface area contributed by atoms with Crippen LogP contribution in [-0.2, 0) is 13.1 Å². The number of hydrogen-bond acceptors (Lipinski definition) is 7. The number of nitrogens with one attached hydrogen (secondary N) is 1. The van der Waals surface area contributed by atoms with Crippen LogP contribution in [0.4, 0.5) is 5.82 Å². The molecule has 178 valence electrons. The zero-order valence-electron chi connectivity index (χ0n) is 19.8. The molecule has 4 heterocycles. The van der Waals surface area contributed by atoms with Crippen LogP contribution in [0.1, 0.15) is 39.2 Å². The zero-order chi connectivity index (χ0) is 23.9. The smallest absolute Gasteiger partial charge is 0.254 e. The standard InChI is InChI=1S/C25H27N9O/c1-16-3-5-23(34-15-27-30-31-34)19(7-16)9-26-25(35)22-10-28-33(14-22)13-18-4-6-24(29-17(18)2)32-11-20-8-21(20)12-32/h3-7,10,14-15,20-21H,8-9,11-13H2,1-2H3,(H,26,35). The third-order valence-corrected chi connectivity index (χ3v) is 6.98. The first-order chi connectivity index (χ1) is 17.0. The molecule has 10 heteroatoms. The third kappa shape index (κ3) is 4.39. The second kappa shape index (κ2) is 8.61. The summed E-state index contributed by atoms with van der Waals surface area (Å²) in [4.78, 5) is 20.1. The predicted octanol–water partition coefficient (Wildman–Crippen LogP) is 2.31. The summed E-state index contributed by atoms with van der Waals surface area (Å²) in [6.45, 7) is 7.23. The number of rotatable bonds is 7. The summed E-state index contributed by atoms with van der Waals surface area (Å²) >= 11 is 0. The SMILES string of the molecule is Cc1ccc(-n2cnnn2)c(CNC(=O)c2cnn(Cc3ccc(N4CC5CC5C4)nc3C)c2)c1. The van der Waals surface area contributed by atoms with Gasteiger partial charge in [-0.25, -0.2) is 9.67 Å². The topological polar surface area (TPSA) is 107 Å². The molecule has 1 saturated heterocycles. The average molecular weight is 470 g/mol. The van der Waals surface area contributed by atoms with Crippen molar-refractivity contribution >= 4 is 11.7 Å². The van der Waals surface area contributed by atoms with Crippen molar-refractivity contribution in [3.05, 3.63) is 77.0 Å². The number of benzene rings is 1. The summed E-state index contributed by atoms with van der Waals surface area (Å²) in [7, 11) is 0. The van der Waals surface area contributed by atoms with Crippen LogP contribution >= 0.6 is 0 Å². The Hall–Kier alpha value is -4.08. The van der Waals surface area contributed by atoms with Crippen LogP contribution in [0.2, 0.25) is 0 Å². The number of aromatic nitrogens is 7. The van der Waals surface area contributed by atoms with E-state index in [-0.39, 0.29) is 5.91 Å². The minimum absolute atomic E-state index is 0.182. The highest BCUT2D eigenvalue weighted by Gasteiger charge is 2.45. The second-order valence-corrected chi connectivity index (χ2v) is 9.57. The first-order valence-corrected chi connectivity index (χ1v) is 11.9. The molecule has 1 N–H and O–H groups in total. The molecule has 1 aromatic carbocycles. The normalized spacial score (nSPS) is 18.5. The van der Waals surface area contributed by atoms with Gasteiger partial charge in [-0.15, -0.1) is 5.10 Å². The van der Waals surface area contributed by atoms with E-state index < -0.39 is 0 Å². The summed E-state index contributed by atoms with van der Waals surface area (Å²) in [6, 6.07) is 10.2. The lowest BCUT2D eigenvalue weighted by Crippen LogP contribution is -2.23.